The van der Waals surface area contributed by atoms with E-state index in [4.69, 9.17) is 5.11 Å². The van der Waals surface area contributed by atoms with Gasteiger partial charge in [0.1, 0.15) is 0 Å². The van der Waals surface area contributed by atoms with Crippen molar-refractivity contribution in [2.45, 2.75) is 6.18 Å². The molecule has 0 radical (unpaired) electrons. The Morgan fingerprint density at radius 3 is 2.62 bits per heavy atom. The van der Waals surface area contributed by atoms with Gasteiger partial charge in [-0.3, -0.25) is 4.79 Å². The summed E-state index contributed by atoms with van der Waals surface area (Å²) in [4.78, 5) is 24.8. The number of carbonyl (C=O) groups is 2. The van der Waals surface area contributed by atoms with Crippen LogP contribution in [0.3, 0.4) is 0 Å². The zero-order valence-corrected chi connectivity index (χ0v) is 7.69. The van der Waals surface area contributed by atoms with Crippen molar-refractivity contribution < 1.29 is 32.6 Å². The van der Waals surface area contributed by atoms with E-state index in [9.17, 15) is 22.8 Å². The highest BCUT2D eigenvalue weighted by atomic mass is 19.4. The van der Waals surface area contributed by atoms with E-state index < -0.39 is 36.5 Å². The smallest absolute Gasteiger partial charge is 0.403 e. The third-order valence-corrected chi connectivity index (χ3v) is 1.70. The molecule has 0 saturated carbocycles. The first-order valence-corrected chi connectivity index (χ1v) is 4.01. The molecule has 1 N–H and O–H groups in total. The molecule has 1 aliphatic heterocycles. The molecule has 0 aliphatic carbocycles. The number of rotatable bonds is 2. The zero-order chi connectivity index (χ0) is 12.3. The van der Waals surface area contributed by atoms with Gasteiger partial charge < -0.3 is 9.84 Å². The van der Waals surface area contributed by atoms with E-state index >= 15 is 0 Å². The minimum atomic E-state index is -4.73. The number of dihydropyridines is 1. The third-order valence-electron chi connectivity index (χ3n) is 1.70. The van der Waals surface area contributed by atoms with Crippen LogP contribution in [0.15, 0.2) is 17.1 Å². The number of aliphatic hydroxyl groups excluding tert-OH is 1. The molecular formula is C8H6F3NO4. The molecule has 1 atom stereocenters. The second kappa shape index (κ2) is 4.44. The standard InChI is InChI=1S/C8H6F3NO4/c9-8(10,11)4-1-2-5(12-6(4)14)7(15)16-3-13/h1-2,4,13H,3H2. The molecule has 0 bridgehead atoms. The van der Waals surface area contributed by atoms with E-state index in [2.05, 4.69) is 9.73 Å². The van der Waals surface area contributed by atoms with Crippen LogP contribution in [-0.4, -0.2) is 35.7 Å². The number of esters is 1. The fourth-order valence-electron chi connectivity index (χ4n) is 0.991. The quantitative estimate of drug-likeness (QED) is 0.549. The number of aliphatic imine (C=N–C) groups is 1. The lowest BCUT2D eigenvalue weighted by molar-refractivity contribution is -0.170. The van der Waals surface area contributed by atoms with Crippen molar-refractivity contribution >= 4 is 17.6 Å². The summed E-state index contributed by atoms with van der Waals surface area (Å²) < 4.78 is 40.6. The molecule has 8 heteroatoms. The number of amides is 1. The van der Waals surface area contributed by atoms with Crippen molar-refractivity contribution in [2.24, 2.45) is 10.9 Å². The summed E-state index contributed by atoms with van der Waals surface area (Å²) in [6.45, 7) is -0.942. The van der Waals surface area contributed by atoms with Gasteiger partial charge in [0.2, 0.25) is 0 Å². The number of hydrogen-bond donors (Lipinski definition) is 1. The second-order valence-electron chi connectivity index (χ2n) is 2.77. The lowest BCUT2D eigenvalue weighted by Crippen LogP contribution is -2.32. The summed E-state index contributed by atoms with van der Waals surface area (Å²) >= 11 is 0. The van der Waals surface area contributed by atoms with Crippen LogP contribution in [0.2, 0.25) is 0 Å². The largest absolute Gasteiger partial charge is 0.434 e. The summed E-state index contributed by atoms with van der Waals surface area (Å²) in [6.07, 6.45) is -3.48. The highest BCUT2D eigenvalue weighted by Crippen LogP contribution is 2.29. The van der Waals surface area contributed by atoms with Crippen LogP contribution in [-0.2, 0) is 14.3 Å². The molecule has 0 aromatic rings. The summed E-state index contributed by atoms with van der Waals surface area (Å²) in [7, 11) is 0. The Hall–Kier alpha value is -1.70. The fraction of sp³-hybridized carbons (Fsp3) is 0.375. The summed E-state index contributed by atoms with van der Waals surface area (Å²) in [5.41, 5.74) is -0.570. The maximum atomic E-state index is 12.2. The van der Waals surface area contributed by atoms with Gasteiger partial charge >= 0.3 is 12.1 Å². The van der Waals surface area contributed by atoms with E-state index in [1.54, 1.807) is 0 Å². The Labute approximate surface area is 87.2 Å². The Kier molecular flexibility index (Phi) is 3.43. The predicted molar refractivity (Wildman–Crippen MR) is 44.3 cm³/mol. The molecule has 1 heterocycles. The lowest BCUT2D eigenvalue weighted by atomic mass is 10.0. The summed E-state index contributed by atoms with van der Waals surface area (Å²) in [5, 5.41) is 8.23. The molecule has 1 rings (SSSR count). The number of halogens is 3. The highest BCUT2D eigenvalue weighted by Gasteiger charge is 2.44. The Balaban J connectivity index is 2.83. The first-order valence-electron chi connectivity index (χ1n) is 4.01. The monoisotopic (exact) mass is 237 g/mol. The van der Waals surface area contributed by atoms with Crippen molar-refractivity contribution in [3.05, 3.63) is 12.2 Å². The number of alkyl halides is 3. The molecule has 0 spiro atoms. The van der Waals surface area contributed by atoms with Gasteiger partial charge in [0.25, 0.3) is 5.91 Å². The first kappa shape index (κ1) is 12.4. The third kappa shape index (κ3) is 2.66. The van der Waals surface area contributed by atoms with Crippen molar-refractivity contribution in [1.29, 1.82) is 0 Å². The van der Waals surface area contributed by atoms with E-state index in [-0.39, 0.29) is 0 Å². The van der Waals surface area contributed by atoms with Gasteiger partial charge in [0.15, 0.2) is 18.4 Å². The minimum absolute atomic E-state index is 0.517. The van der Waals surface area contributed by atoms with Crippen molar-refractivity contribution in [3.63, 3.8) is 0 Å². The molecule has 0 fully saturated rings. The number of ether oxygens (including phenoxy) is 1. The maximum absolute atomic E-state index is 12.2. The molecule has 0 saturated heterocycles. The zero-order valence-electron chi connectivity index (χ0n) is 7.69. The molecule has 1 aliphatic rings. The van der Waals surface area contributed by atoms with Gasteiger partial charge in [-0.15, -0.1) is 0 Å². The number of aliphatic hydroxyl groups is 1. The van der Waals surface area contributed by atoms with Gasteiger partial charge in [-0.05, 0) is 6.08 Å². The van der Waals surface area contributed by atoms with Crippen LogP contribution in [0.4, 0.5) is 13.2 Å². The second-order valence-corrected chi connectivity index (χ2v) is 2.77. The van der Waals surface area contributed by atoms with E-state index in [1.165, 1.54) is 0 Å². The van der Waals surface area contributed by atoms with Gasteiger partial charge in [-0.2, -0.15) is 13.2 Å². The van der Waals surface area contributed by atoms with Crippen LogP contribution in [0, 0.1) is 5.92 Å². The molecule has 1 amide bonds. The van der Waals surface area contributed by atoms with Crippen molar-refractivity contribution in [1.82, 2.24) is 0 Å². The predicted octanol–water partition coefficient (Wildman–Crippen LogP) is 0.195. The molecule has 88 valence electrons. The average molecular weight is 237 g/mol. The van der Waals surface area contributed by atoms with Gasteiger partial charge in [0, 0.05) is 0 Å². The van der Waals surface area contributed by atoms with Gasteiger partial charge in [-0.25, -0.2) is 9.79 Å². The Morgan fingerprint density at radius 2 is 2.19 bits per heavy atom. The molecule has 0 aromatic carbocycles. The topological polar surface area (TPSA) is 76.0 Å². The normalized spacial score (nSPS) is 20.6. The number of nitrogens with zero attached hydrogens (tertiary/aromatic N) is 1. The molecular weight excluding hydrogens is 231 g/mol. The van der Waals surface area contributed by atoms with Crippen molar-refractivity contribution in [2.75, 3.05) is 6.79 Å². The van der Waals surface area contributed by atoms with Crippen LogP contribution < -0.4 is 0 Å². The van der Waals surface area contributed by atoms with Crippen LogP contribution in [0.5, 0.6) is 0 Å². The summed E-state index contributed by atoms with van der Waals surface area (Å²) in [5.74, 6) is -4.98. The van der Waals surface area contributed by atoms with E-state index in [0.717, 1.165) is 6.08 Å². The van der Waals surface area contributed by atoms with Crippen molar-refractivity contribution in [3.8, 4) is 0 Å². The van der Waals surface area contributed by atoms with E-state index in [0.29, 0.717) is 6.08 Å². The minimum Gasteiger partial charge on any atom is -0.434 e. The number of carbonyl (C=O) groups excluding carboxylic acids is 2. The average Bonchev–Trinajstić information content (AvgIpc) is 2.16. The number of hydrogen-bond acceptors (Lipinski definition) is 4. The fourth-order valence-corrected chi connectivity index (χ4v) is 0.991. The van der Waals surface area contributed by atoms with Gasteiger partial charge in [-0.1, -0.05) is 6.08 Å². The molecule has 0 aromatic heterocycles. The summed E-state index contributed by atoms with van der Waals surface area (Å²) in [6, 6.07) is 0. The highest BCUT2D eigenvalue weighted by molar-refractivity contribution is 6.43. The molecule has 16 heavy (non-hydrogen) atoms. The SMILES string of the molecule is O=C(OCO)C1=NC(=O)C(C(F)(F)F)C=C1. The Bertz CT molecular complexity index is 372. The van der Waals surface area contributed by atoms with E-state index in [1.807, 2.05) is 0 Å². The van der Waals surface area contributed by atoms with Crippen LogP contribution >= 0.6 is 0 Å². The molecule has 5 nitrogen and oxygen atoms in total. The van der Waals surface area contributed by atoms with Crippen LogP contribution in [0.25, 0.3) is 0 Å². The molecule has 1 unspecified atom stereocenters. The first-order chi connectivity index (χ1) is 7.36. The lowest BCUT2D eigenvalue weighted by Gasteiger charge is -2.16. The maximum Gasteiger partial charge on any atom is 0.403 e. The van der Waals surface area contributed by atoms with Crippen LogP contribution in [0.1, 0.15) is 0 Å². The van der Waals surface area contributed by atoms with Gasteiger partial charge in [0.05, 0.1) is 0 Å². The Morgan fingerprint density at radius 1 is 1.56 bits per heavy atom.